The summed E-state index contributed by atoms with van der Waals surface area (Å²) in [5.41, 5.74) is 4.40. The number of methoxy groups -OCH3 is 1. The zero-order chi connectivity index (χ0) is 48.5. The van der Waals surface area contributed by atoms with Crippen molar-refractivity contribution in [2.75, 3.05) is 89.3 Å². The van der Waals surface area contributed by atoms with Crippen LogP contribution in [0.4, 0.5) is 17.6 Å². The number of carbonyl (C=O) groups excluding carboxylic acids is 2. The molecule has 0 spiro atoms. The molecule has 4 aromatic heterocycles. The first-order valence-corrected chi connectivity index (χ1v) is 25.6. The number of hydrogen-bond donors (Lipinski definition) is 3. The summed E-state index contributed by atoms with van der Waals surface area (Å²) in [5.74, 6) is 1.47. The summed E-state index contributed by atoms with van der Waals surface area (Å²) < 4.78 is 7.40. The first kappa shape index (κ1) is 51.0. The minimum absolute atomic E-state index is 0.0479. The first-order valence-electron chi connectivity index (χ1n) is 24.7. The number of aromatic nitrogens is 6. The van der Waals surface area contributed by atoms with Crippen molar-refractivity contribution < 1.29 is 14.3 Å². The van der Waals surface area contributed by atoms with Crippen LogP contribution in [0.15, 0.2) is 66.4 Å². The lowest BCUT2D eigenvalue weighted by molar-refractivity contribution is -0.124. The van der Waals surface area contributed by atoms with Crippen molar-refractivity contribution in [3.63, 3.8) is 0 Å². The van der Waals surface area contributed by atoms with Crippen LogP contribution in [-0.4, -0.2) is 147 Å². The number of nitrogens with one attached hydrogen (secondary N) is 3. The van der Waals surface area contributed by atoms with Crippen LogP contribution in [-0.2, 0) is 22.4 Å². The Kier molecular flexibility index (Phi) is 19.0. The molecule has 3 N–H and O–H groups in total. The third-order valence-corrected chi connectivity index (χ3v) is 14.0. The SMILES string of the molecule is CCC(Cc1ccc(CCCNCCCN2CCN(CCCNC(=O)c3nn(C(C)C)c4cc(Nc5ccnc(N6CCC(OC)CC6)n5)ncc34)CC2)cc1)N(C#N)C(=O)/C=C(\C)c1nccs1. The predicted molar refractivity (Wildman–Crippen MR) is 274 cm³/mol. The Morgan fingerprint density at radius 2 is 1.64 bits per heavy atom. The molecule has 1 atom stereocenters. The number of nitriles is 1. The number of ether oxygens (including phenoxy) is 1. The summed E-state index contributed by atoms with van der Waals surface area (Å²) in [5, 5.41) is 28.1. The highest BCUT2D eigenvalue weighted by Gasteiger charge is 2.24. The van der Waals surface area contributed by atoms with E-state index in [4.69, 9.17) is 14.8 Å². The molecule has 2 aliphatic rings. The Labute approximate surface area is 411 Å². The number of nitrogens with zero attached hydrogens (tertiary/aromatic N) is 11. The molecule has 0 radical (unpaired) electrons. The van der Waals surface area contributed by atoms with Crippen molar-refractivity contribution in [3.05, 3.63) is 88.3 Å². The maximum atomic E-state index is 13.5. The van der Waals surface area contributed by atoms with Crippen LogP contribution < -0.4 is 20.9 Å². The van der Waals surface area contributed by atoms with Gasteiger partial charge in [-0.15, -0.1) is 11.3 Å². The molecule has 7 rings (SSSR count). The minimum Gasteiger partial charge on any atom is -0.381 e. The highest BCUT2D eigenvalue weighted by molar-refractivity contribution is 7.10. The Balaban J connectivity index is 0.752. The van der Waals surface area contributed by atoms with Gasteiger partial charge in [0, 0.05) is 95.1 Å². The van der Waals surface area contributed by atoms with Crippen LogP contribution in [0.3, 0.4) is 0 Å². The van der Waals surface area contributed by atoms with E-state index < -0.39 is 0 Å². The fraction of sp³-hybridized carbons (Fsp3) is 0.529. The molecule has 368 valence electrons. The second-order valence-corrected chi connectivity index (χ2v) is 19.2. The summed E-state index contributed by atoms with van der Waals surface area (Å²) >= 11 is 1.48. The summed E-state index contributed by atoms with van der Waals surface area (Å²) in [7, 11) is 1.77. The van der Waals surface area contributed by atoms with Gasteiger partial charge in [0.15, 0.2) is 11.9 Å². The molecule has 1 unspecified atom stereocenters. The predicted octanol–water partition coefficient (Wildman–Crippen LogP) is 6.70. The number of hydrogen-bond acceptors (Lipinski definition) is 15. The smallest absolute Gasteiger partial charge is 0.272 e. The van der Waals surface area contributed by atoms with E-state index in [-0.39, 0.29) is 30.0 Å². The molecule has 18 heteroatoms. The number of amides is 2. The van der Waals surface area contributed by atoms with Crippen molar-refractivity contribution in [2.45, 2.75) is 97.2 Å². The molecule has 69 heavy (non-hydrogen) atoms. The van der Waals surface area contributed by atoms with E-state index in [1.807, 2.05) is 36.0 Å². The van der Waals surface area contributed by atoms with E-state index in [0.717, 1.165) is 131 Å². The topological polar surface area (TPSA) is 186 Å². The van der Waals surface area contributed by atoms with Gasteiger partial charge in [-0.2, -0.15) is 15.3 Å². The molecule has 2 saturated heterocycles. The largest absolute Gasteiger partial charge is 0.381 e. The van der Waals surface area contributed by atoms with Gasteiger partial charge in [0.2, 0.25) is 5.95 Å². The van der Waals surface area contributed by atoms with Gasteiger partial charge in [-0.25, -0.2) is 19.9 Å². The molecular weight excluding hydrogens is 889 g/mol. The third-order valence-electron chi connectivity index (χ3n) is 13.1. The fourth-order valence-corrected chi connectivity index (χ4v) is 9.65. The molecule has 0 saturated carbocycles. The second-order valence-electron chi connectivity index (χ2n) is 18.3. The van der Waals surface area contributed by atoms with Gasteiger partial charge in [-0.1, -0.05) is 31.2 Å². The van der Waals surface area contributed by atoms with Crippen LogP contribution in [0.25, 0.3) is 16.5 Å². The van der Waals surface area contributed by atoms with Crippen LogP contribution in [0.5, 0.6) is 0 Å². The maximum absolute atomic E-state index is 13.5. The zero-order valence-corrected chi connectivity index (χ0v) is 41.9. The van der Waals surface area contributed by atoms with Crippen LogP contribution in [0.2, 0.25) is 0 Å². The molecule has 5 aromatic rings. The number of thiazole rings is 1. The number of carbonyl (C=O) groups is 2. The molecule has 2 fully saturated rings. The molecule has 1 aromatic carbocycles. The normalized spacial score (nSPS) is 15.7. The number of aryl methyl sites for hydroxylation is 1. The van der Waals surface area contributed by atoms with Crippen LogP contribution >= 0.6 is 11.3 Å². The number of piperidine rings is 1. The van der Waals surface area contributed by atoms with Gasteiger partial charge in [0.1, 0.15) is 16.6 Å². The van der Waals surface area contributed by atoms with Crippen molar-refractivity contribution >= 4 is 57.2 Å². The summed E-state index contributed by atoms with van der Waals surface area (Å²) in [6.45, 7) is 18.5. The van der Waals surface area contributed by atoms with Gasteiger partial charge in [0.25, 0.3) is 11.8 Å². The number of anilines is 3. The number of piperazine rings is 1. The van der Waals surface area contributed by atoms with E-state index in [1.165, 1.54) is 27.9 Å². The van der Waals surface area contributed by atoms with E-state index in [9.17, 15) is 14.9 Å². The molecule has 2 amide bonds. The summed E-state index contributed by atoms with van der Waals surface area (Å²) in [6.07, 6.45) is 16.4. The lowest BCUT2D eigenvalue weighted by Gasteiger charge is -2.34. The second kappa shape index (κ2) is 25.7. The van der Waals surface area contributed by atoms with E-state index >= 15 is 0 Å². The number of pyridine rings is 1. The lowest BCUT2D eigenvalue weighted by atomic mass is 10.00. The average Bonchev–Trinajstić information content (AvgIpc) is 4.06. The number of benzene rings is 1. The molecule has 0 aliphatic carbocycles. The quantitative estimate of drug-likeness (QED) is 0.0257. The standard InChI is InChI=1S/C51H70N14O3S/c1-6-41(64(36-52)47(66)32-38(4)50-55-22-31-69-50)33-40-13-11-39(12-14-40)10-7-18-53-19-8-23-61-27-29-62(30-28-61)24-9-20-54-49(67)48-43-35-57-46(34-44(43)65(60-48)37(2)3)58-45-15-21-56-51(59-45)63-25-16-42(68-5)17-26-63/h11-15,21-22,31-32,34-35,37,41-42,53H,6-10,16-20,23-30,33H2,1-5H3,(H,54,67)(H,56,57,58,59)/b38-32+. The number of allylic oxidation sites excluding steroid dienone is 1. The maximum Gasteiger partial charge on any atom is 0.272 e. The van der Waals surface area contributed by atoms with Crippen molar-refractivity contribution in [1.82, 2.24) is 55.0 Å². The average molecular weight is 959 g/mol. The highest BCUT2D eigenvalue weighted by Crippen LogP contribution is 2.26. The Morgan fingerprint density at radius 3 is 2.30 bits per heavy atom. The van der Waals surface area contributed by atoms with E-state index in [2.05, 4.69) is 89.9 Å². The van der Waals surface area contributed by atoms with Crippen LogP contribution in [0.1, 0.15) is 98.9 Å². The molecule has 17 nitrogen and oxygen atoms in total. The van der Waals surface area contributed by atoms with Crippen molar-refractivity contribution in [1.29, 1.82) is 5.26 Å². The zero-order valence-electron chi connectivity index (χ0n) is 41.1. The molecule has 0 bridgehead atoms. The summed E-state index contributed by atoms with van der Waals surface area (Å²) in [6, 6.07) is 12.2. The Bertz CT molecular complexity index is 2470. The van der Waals surface area contributed by atoms with Gasteiger partial charge >= 0.3 is 0 Å². The molecule has 2 aliphatic heterocycles. The Hall–Kier alpha value is -5.84. The Morgan fingerprint density at radius 1 is 0.928 bits per heavy atom. The van der Waals surface area contributed by atoms with Crippen LogP contribution in [0, 0.1) is 11.5 Å². The van der Waals surface area contributed by atoms with E-state index in [1.54, 1.807) is 25.7 Å². The van der Waals surface area contributed by atoms with Crippen molar-refractivity contribution in [3.8, 4) is 6.19 Å². The lowest BCUT2D eigenvalue weighted by Crippen LogP contribution is -2.47. The summed E-state index contributed by atoms with van der Waals surface area (Å²) in [4.78, 5) is 53.2. The first-order chi connectivity index (χ1) is 33.6. The fourth-order valence-electron chi connectivity index (χ4n) is 9.03. The molecule has 6 heterocycles. The van der Waals surface area contributed by atoms with E-state index in [0.29, 0.717) is 42.7 Å². The number of fused-ring (bicyclic) bond motifs is 1. The monoisotopic (exact) mass is 959 g/mol. The van der Waals surface area contributed by atoms with Gasteiger partial charge < -0.3 is 35.4 Å². The molecular formula is C51H70N14O3S. The number of rotatable bonds is 24. The van der Waals surface area contributed by atoms with Crippen molar-refractivity contribution in [2.24, 2.45) is 0 Å². The van der Waals surface area contributed by atoms with Gasteiger partial charge in [-0.05, 0) is 121 Å². The minimum atomic E-state index is -0.301. The third kappa shape index (κ3) is 14.4. The highest BCUT2D eigenvalue weighted by atomic mass is 32.1. The van der Waals surface area contributed by atoms with Gasteiger partial charge in [0.05, 0.1) is 23.0 Å². The van der Waals surface area contributed by atoms with Gasteiger partial charge in [-0.3, -0.25) is 14.3 Å².